The molecule has 0 saturated heterocycles. The van der Waals surface area contributed by atoms with Crippen LogP contribution in [0.25, 0.3) is 0 Å². The minimum Gasteiger partial charge on any atom is -0.275 e. The second-order valence-corrected chi connectivity index (χ2v) is 5.56. The molecule has 0 bridgehead atoms. The summed E-state index contributed by atoms with van der Waals surface area (Å²) in [5.41, 5.74) is 0.348. The van der Waals surface area contributed by atoms with Gasteiger partial charge < -0.3 is 0 Å². The van der Waals surface area contributed by atoms with Crippen LogP contribution >= 0.6 is 0 Å². The van der Waals surface area contributed by atoms with Crippen molar-refractivity contribution in [3.63, 3.8) is 0 Å². The first-order valence-electron chi connectivity index (χ1n) is 6.29. The molecule has 0 aliphatic carbocycles. The van der Waals surface area contributed by atoms with Gasteiger partial charge in [-0.2, -0.15) is 5.26 Å². The first-order valence-corrected chi connectivity index (χ1v) is 6.29. The fourth-order valence-electron chi connectivity index (χ4n) is 1.78. The lowest BCUT2D eigenvalue weighted by atomic mass is 9.84. The van der Waals surface area contributed by atoms with Crippen molar-refractivity contribution in [1.29, 1.82) is 5.26 Å². The summed E-state index contributed by atoms with van der Waals surface area (Å²) in [5.74, 6) is -1.01. The van der Waals surface area contributed by atoms with Crippen molar-refractivity contribution in [3.05, 3.63) is 34.6 Å². The molecule has 0 N–H and O–H groups in total. The molecule has 0 fully saturated rings. The molecule has 5 heteroatoms. The number of hydrogen-bond acceptors (Lipinski definition) is 3. The van der Waals surface area contributed by atoms with Gasteiger partial charge >= 0.3 is 0 Å². The number of rotatable bonds is 3. The van der Waals surface area contributed by atoms with Crippen LogP contribution in [0.2, 0.25) is 0 Å². The molecule has 0 saturated carbocycles. The minimum absolute atomic E-state index is 0.0405. The number of benzene rings is 1. The summed E-state index contributed by atoms with van der Waals surface area (Å²) in [6.07, 6.45) is 0. The lowest BCUT2D eigenvalue weighted by molar-refractivity contribution is 0.0336. The van der Waals surface area contributed by atoms with Crippen LogP contribution in [0, 0.1) is 24.1 Å². The van der Waals surface area contributed by atoms with Gasteiger partial charge in [-0.15, -0.1) is 0 Å². The first kappa shape index (κ1) is 16.1. The van der Waals surface area contributed by atoms with Crippen molar-refractivity contribution in [1.82, 2.24) is 10.0 Å². The van der Waals surface area contributed by atoms with Gasteiger partial charge in [0, 0.05) is 21.1 Å². The summed E-state index contributed by atoms with van der Waals surface area (Å²) < 4.78 is 14.3. The predicted molar refractivity (Wildman–Crippen MR) is 75.6 cm³/mol. The molecule has 1 aromatic carbocycles. The standard InChI is InChI=1S/C15H20FN3O/c1-10-7-11(15(2,3)9-17)8-12(16)13(10)14(20)19(6)18(4)5/h7-8H,1-6H3. The molecule has 108 valence electrons. The molecule has 0 radical (unpaired) electrons. The summed E-state index contributed by atoms with van der Waals surface area (Å²) in [4.78, 5) is 12.2. The molecule has 1 amide bonds. The third-order valence-electron chi connectivity index (χ3n) is 3.40. The Morgan fingerprint density at radius 2 is 1.85 bits per heavy atom. The van der Waals surface area contributed by atoms with E-state index in [0.29, 0.717) is 11.1 Å². The van der Waals surface area contributed by atoms with Crippen LogP contribution in [-0.4, -0.2) is 37.1 Å². The molecular weight excluding hydrogens is 257 g/mol. The fraction of sp³-hybridized carbons (Fsp3) is 0.467. The summed E-state index contributed by atoms with van der Waals surface area (Å²) in [6.45, 7) is 5.11. The minimum atomic E-state index is -0.791. The van der Waals surface area contributed by atoms with Crippen LogP contribution in [0.1, 0.15) is 35.3 Å². The van der Waals surface area contributed by atoms with Gasteiger partial charge in [0.1, 0.15) is 5.82 Å². The highest BCUT2D eigenvalue weighted by Crippen LogP contribution is 2.27. The Kier molecular flexibility index (Phi) is 4.51. The highest BCUT2D eigenvalue weighted by molar-refractivity contribution is 5.95. The number of carbonyl (C=O) groups excluding carboxylic acids is 1. The van der Waals surface area contributed by atoms with Crippen molar-refractivity contribution in [3.8, 4) is 6.07 Å². The maximum Gasteiger partial charge on any atom is 0.271 e. The highest BCUT2D eigenvalue weighted by Gasteiger charge is 2.26. The summed E-state index contributed by atoms with van der Waals surface area (Å²) in [7, 11) is 4.99. The third-order valence-corrected chi connectivity index (χ3v) is 3.40. The van der Waals surface area contributed by atoms with Crippen molar-refractivity contribution in [2.24, 2.45) is 0 Å². The van der Waals surface area contributed by atoms with Crippen molar-refractivity contribution < 1.29 is 9.18 Å². The molecule has 0 aromatic heterocycles. The monoisotopic (exact) mass is 277 g/mol. The maximum absolute atomic E-state index is 14.3. The van der Waals surface area contributed by atoms with E-state index in [-0.39, 0.29) is 5.56 Å². The number of aryl methyl sites for hydroxylation is 1. The van der Waals surface area contributed by atoms with E-state index >= 15 is 0 Å². The smallest absolute Gasteiger partial charge is 0.271 e. The van der Waals surface area contributed by atoms with Crippen LogP contribution in [0.15, 0.2) is 12.1 Å². The van der Waals surface area contributed by atoms with Crippen LogP contribution in [-0.2, 0) is 5.41 Å². The van der Waals surface area contributed by atoms with Gasteiger partial charge in [-0.05, 0) is 38.0 Å². The first-order chi connectivity index (χ1) is 9.11. The van der Waals surface area contributed by atoms with E-state index in [0.717, 1.165) is 0 Å². The predicted octanol–water partition coefficient (Wildman–Crippen LogP) is 2.48. The summed E-state index contributed by atoms with van der Waals surface area (Å²) in [5, 5.41) is 12.0. The summed E-state index contributed by atoms with van der Waals surface area (Å²) >= 11 is 0. The zero-order valence-corrected chi connectivity index (χ0v) is 12.8. The third kappa shape index (κ3) is 2.97. The van der Waals surface area contributed by atoms with E-state index in [9.17, 15) is 9.18 Å². The number of nitrogens with zero attached hydrogens (tertiary/aromatic N) is 3. The van der Waals surface area contributed by atoms with Crippen LogP contribution < -0.4 is 0 Å². The number of nitriles is 1. The van der Waals surface area contributed by atoms with Gasteiger partial charge in [-0.1, -0.05) is 6.07 Å². The number of carbonyl (C=O) groups is 1. The van der Waals surface area contributed by atoms with Crippen molar-refractivity contribution in [2.45, 2.75) is 26.2 Å². The Labute approximate surface area is 119 Å². The van der Waals surface area contributed by atoms with Gasteiger partial charge in [0.05, 0.1) is 17.0 Å². The van der Waals surface area contributed by atoms with E-state index in [1.165, 1.54) is 11.1 Å². The van der Waals surface area contributed by atoms with Gasteiger partial charge in [0.25, 0.3) is 5.91 Å². The number of halogens is 1. The molecular formula is C15H20FN3O. The second kappa shape index (κ2) is 5.59. The fourth-order valence-corrected chi connectivity index (χ4v) is 1.78. The van der Waals surface area contributed by atoms with E-state index in [4.69, 9.17) is 5.26 Å². The topological polar surface area (TPSA) is 47.3 Å². The van der Waals surface area contributed by atoms with Crippen LogP contribution in [0.5, 0.6) is 0 Å². The Bertz CT molecular complexity index is 550. The normalized spacial score (nSPS) is 11.3. The Morgan fingerprint density at radius 3 is 2.25 bits per heavy atom. The van der Waals surface area contributed by atoms with Gasteiger partial charge in [0.2, 0.25) is 0 Å². The Morgan fingerprint density at radius 1 is 1.30 bits per heavy atom. The lowest BCUT2D eigenvalue weighted by Crippen LogP contribution is -2.39. The zero-order valence-electron chi connectivity index (χ0n) is 12.8. The van der Waals surface area contributed by atoms with Gasteiger partial charge in [-0.3, -0.25) is 9.80 Å². The summed E-state index contributed by atoms with van der Waals surface area (Å²) in [6, 6.07) is 5.10. The van der Waals surface area contributed by atoms with E-state index in [2.05, 4.69) is 6.07 Å². The average Bonchev–Trinajstić information content (AvgIpc) is 2.36. The second-order valence-electron chi connectivity index (χ2n) is 5.56. The number of hydrogen-bond donors (Lipinski definition) is 0. The molecule has 20 heavy (non-hydrogen) atoms. The van der Waals surface area contributed by atoms with E-state index in [1.54, 1.807) is 53.0 Å². The SMILES string of the molecule is Cc1cc(C(C)(C)C#N)cc(F)c1C(=O)N(C)N(C)C. The highest BCUT2D eigenvalue weighted by atomic mass is 19.1. The molecule has 0 aliphatic heterocycles. The Balaban J connectivity index is 3.34. The van der Waals surface area contributed by atoms with Crippen LogP contribution in [0.4, 0.5) is 4.39 Å². The number of amides is 1. The van der Waals surface area contributed by atoms with Crippen LogP contribution in [0.3, 0.4) is 0 Å². The van der Waals surface area contributed by atoms with Gasteiger partial charge in [-0.25, -0.2) is 9.40 Å². The average molecular weight is 277 g/mol. The Hall–Kier alpha value is -1.93. The zero-order chi connectivity index (χ0) is 15.7. The van der Waals surface area contributed by atoms with Gasteiger partial charge in [0.15, 0.2) is 0 Å². The molecule has 0 unspecified atom stereocenters. The molecule has 1 aromatic rings. The molecule has 0 atom stereocenters. The molecule has 0 spiro atoms. The molecule has 1 rings (SSSR count). The van der Waals surface area contributed by atoms with E-state index in [1.807, 2.05) is 0 Å². The van der Waals surface area contributed by atoms with E-state index < -0.39 is 17.1 Å². The molecule has 4 nitrogen and oxygen atoms in total. The molecule has 0 aliphatic rings. The lowest BCUT2D eigenvalue weighted by Gasteiger charge is -2.26. The van der Waals surface area contributed by atoms with Crippen molar-refractivity contribution in [2.75, 3.05) is 21.1 Å². The van der Waals surface area contributed by atoms with Crippen molar-refractivity contribution >= 4 is 5.91 Å². The maximum atomic E-state index is 14.3. The largest absolute Gasteiger partial charge is 0.275 e. The quantitative estimate of drug-likeness (QED) is 0.797. The molecule has 0 heterocycles. The number of hydrazine groups is 1.